The lowest BCUT2D eigenvalue weighted by Crippen LogP contribution is -2.07. The smallest absolute Gasteiger partial charge is 0.174 e. The number of carbonyl (C=O) groups excluding carboxylic acids is 1. The van der Waals surface area contributed by atoms with Gasteiger partial charge in [-0.15, -0.1) is 11.3 Å². The number of rotatable bonds is 5. The lowest BCUT2D eigenvalue weighted by Gasteiger charge is -2.04. The largest absolute Gasteiger partial charge is 0.385 e. The van der Waals surface area contributed by atoms with Gasteiger partial charge in [0, 0.05) is 18.7 Å². The summed E-state index contributed by atoms with van der Waals surface area (Å²) in [5.74, 6) is 0.207. The second kappa shape index (κ2) is 5.47. The predicted octanol–water partition coefficient (Wildman–Crippen LogP) is 3.43. The molecule has 1 N–H and O–H groups in total. The van der Waals surface area contributed by atoms with E-state index in [9.17, 15) is 4.79 Å². The van der Waals surface area contributed by atoms with Crippen LogP contribution in [0.15, 0.2) is 47.8 Å². The first-order valence-corrected chi connectivity index (χ1v) is 6.10. The van der Waals surface area contributed by atoms with Crippen LogP contribution in [0.25, 0.3) is 0 Å². The Morgan fingerprint density at radius 3 is 2.62 bits per heavy atom. The van der Waals surface area contributed by atoms with Crippen LogP contribution in [0.2, 0.25) is 0 Å². The van der Waals surface area contributed by atoms with Gasteiger partial charge in [0.25, 0.3) is 0 Å². The van der Waals surface area contributed by atoms with Crippen molar-refractivity contribution in [1.29, 1.82) is 0 Å². The van der Waals surface area contributed by atoms with Crippen LogP contribution in [0.3, 0.4) is 0 Å². The van der Waals surface area contributed by atoms with Gasteiger partial charge in [-0.3, -0.25) is 4.79 Å². The number of para-hydroxylation sites is 1. The molecular formula is C13H13NOS. The maximum absolute atomic E-state index is 11.7. The fourth-order valence-electron chi connectivity index (χ4n) is 1.44. The second-order valence-electron chi connectivity index (χ2n) is 3.44. The Kier molecular flexibility index (Phi) is 3.72. The average molecular weight is 231 g/mol. The van der Waals surface area contributed by atoms with Gasteiger partial charge in [0.1, 0.15) is 0 Å². The Morgan fingerprint density at radius 2 is 1.94 bits per heavy atom. The number of hydrogen-bond donors (Lipinski definition) is 1. The van der Waals surface area contributed by atoms with Gasteiger partial charge in [-0.1, -0.05) is 24.3 Å². The van der Waals surface area contributed by atoms with Crippen LogP contribution in [0.4, 0.5) is 5.69 Å². The molecule has 3 heteroatoms. The van der Waals surface area contributed by atoms with E-state index in [1.165, 1.54) is 11.3 Å². The molecule has 0 saturated heterocycles. The molecule has 0 amide bonds. The average Bonchev–Trinajstić information content (AvgIpc) is 2.84. The Morgan fingerprint density at radius 1 is 1.12 bits per heavy atom. The van der Waals surface area contributed by atoms with Crippen molar-refractivity contribution >= 4 is 22.8 Å². The molecule has 2 rings (SSSR count). The predicted molar refractivity (Wildman–Crippen MR) is 68.2 cm³/mol. The molecule has 0 fully saturated rings. The van der Waals surface area contributed by atoms with Crippen LogP contribution in [-0.4, -0.2) is 12.3 Å². The maximum atomic E-state index is 11.7. The van der Waals surface area contributed by atoms with Crippen LogP contribution >= 0.6 is 11.3 Å². The minimum atomic E-state index is 0.207. The quantitative estimate of drug-likeness (QED) is 0.799. The van der Waals surface area contributed by atoms with Crippen LogP contribution in [0.1, 0.15) is 16.1 Å². The summed E-state index contributed by atoms with van der Waals surface area (Å²) in [5, 5.41) is 5.15. The lowest BCUT2D eigenvalue weighted by molar-refractivity contribution is 0.0990. The SMILES string of the molecule is O=C(CCNc1ccccc1)c1cccs1. The highest BCUT2D eigenvalue weighted by atomic mass is 32.1. The number of ketones is 1. The number of benzene rings is 1. The first-order valence-electron chi connectivity index (χ1n) is 5.22. The zero-order valence-electron chi connectivity index (χ0n) is 8.85. The summed E-state index contributed by atoms with van der Waals surface area (Å²) < 4.78 is 0. The molecule has 0 aliphatic carbocycles. The minimum Gasteiger partial charge on any atom is -0.385 e. The minimum absolute atomic E-state index is 0.207. The van der Waals surface area contributed by atoms with Crippen molar-refractivity contribution < 1.29 is 4.79 Å². The zero-order valence-corrected chi connectivity index (χ0v) is 9.67. The van der Waals surface area contributed by atoms with Crippen molar-refractivity contribution in [3.8, 4) is 0 Å². The summed E-state index contributed by atoms with van der Waals surface area (Å²) in [5.41, 5.74) is 1.06. The van der Waals surface area contributed by atoms with Gasteiger partial charge in [-0.2, -0.15) is 0 Å². The molecule has 1 aromatic carbocycles. The summed E-state index contributed by atoms with van der Waals surface area (Å²) in [4.78, 5) is 12.5. The van der Waals surface area contributed by atoms with E-state index in [0.29, 0.717) is 13.0 Å². The van der Waals surface area contributed by atoms with E-state index in [1.54, 1.807) is 0 Å². The van der Waals surface area contributed by atoms with Crippen LogP contribution in [0, 0.1) is 0 Å². The number of Topliss-reactive ketones (excluding diaryl/α,β-unsaturated/α-hetero) is 1. The topological polar surface area (TPSA) is 29.1 Å². The van der Waals surface area contributed by atoms with Gasteiger partial charge in [0.2, 0.25) is 0 Å². The van der Waals surface area contributed by atoms with Crippen molar-refractivity contribution in [2.45, 2.75) is 6.42 Å². The Balaban J connectivity index is 1.79. The van der Waals surface area contributed by atoms with Crippen molar-refractivity contribution in [1.82, 2.24) is 0 Å². The van der Waals surface area contributed by atoms with Crippen molar-refractivity contribution in [3.05, 3.63) is 52.7 Å². The van der Waals surface area contributed by atoms with E-state index in [1.807, 2.05) is 47.8 Å². The number of nitrogens with one attached hydrogen (secondary N) is 1. The van der Waals surface area contributed by atoms with Crippen LogP contribution < -0.4 is 5.32 Å². The van der Waals surface area contributed by atoms with Gasteiger partial charge in [-0.25, -0.2) is 0 Å². The van der Waals surface area contributed by atoms with E-state index < -0.39 is 0 Å². The molecule has 0 aliphatic heterocycles. The first-order chi connectivity index (χ1) is 7.86. The number of hydrogen-bond acceptors (Lipinski definition) is 3. The van der Waals surface area contributed by atoms with Gasteiger partial charge in [0.15, 0.2) is 5.78 Å². The lowest BCUT2D eigenvalue weighted by atomic mass is 10.2. The van der Waals surface area contributed by atoms with E-state index in [-0.39, 0.29) is 5.78 Å². The monoisotopic (exact) mass is 231 g/mol. The number of anilines is 1. The highest BCUT2D eigenvalue weighted by Gasteiger charge is 2.05. The normalized spacial score (nSPS) is 10.0. The summed E-state index contributed by atoms with van der Waals surface area (Å²) >= 11 is 1.50. The van der Waals surface area contributed by atoms with Crippen LogP contribution in [-0.2, 0) is 0 Å². The summed E-state index contributed by atoms with van der Waals surface area (Å²) in [6.07, 6.45) is 0.537. The molecule has 2 aromatic rings. The summed E-state index contributed by atoms with van der Waals surface area (Å²) in [6.45, 7) is 0.681. The fraction of sp³-hybridized carbons (Fsp3) is 0.154. The Bertz CT molecular complexity index is 436. The zero-order chi connectivity index (χ0) is 11.2. The van der Waals surface area contributed by atoms with Crippen molar-refractivity contribution in [3.63, 3.8) is 0 Å². The Labute approximate surface area is 98.9 Å². The van der Waals surface area contributed by atoms with E-state index >= 15 is 0 Å². The molecule has 16 heavy (non-hydrogen) atoms. The maximum Gasteiger partial charge on any atom is 0.174 e. The van der Waals surface area contributed by atoms with Gasteiger partial charge < -0.3 is 5.32 Å². The standard InChI is InChI=1S/C13H13NOS/c15-12(13-7-4-10-16-13)8-9-14-11-5-2-1-3-6-11/h1-7,10,14H,8-9H2. The molecule has 2 nitrogen and oxygen atoms in total. The molecule has 0 radical (unpaired) electrons. The number of carbonyl (C=O) groups is 1. The molecule has 0 spiro atoms. The first kappa shape index (κ1) is 10.9. The van der Waals surface area contributed by atoms with Crippen molar-refractivity contribution in [2.24, 2.45) is 0 Å². The molecule has 0 atom stereocenters. The summed E-state index contributed by atoms with van der Waals surface area (Å²) in [7, 11) is 0. The number of thiophene rings is 1. The molecular weight excluding hydrogens is 218 g/mol. The van der Waals surface area contributed by atoms with Gasteiger partial charge >= 0.3 is 0 Å². The van der Waals surface area contributed by atoms with Crippen molar-refractivity contribution in [2.75, 3.05) is 11.9 Å². The third-order valence-electron chi connectivity index (χ3n) is 2.25. The second-order valence-corrected chi connectivity index (χ2v) is 4.39. The molecule has 1 heterocycles. The third-order valence-corrected chi connectivity index (χ3v) is 3.16. The highest BCUT2D eigenvalue weighted by molar-refractivity contribution is 7.12. The molecule has 0 bridgehead atoms. The fourth-order valence-corrected chi connectivity index (χ4v) is 2.13. The third kappa shape index (κ3) is 2.94. The summed E-state index contributed by atoms with van der Waals surface area (Å²) in [6, 6.07) is 13.7. The Hall–Kier alpha value is -1.61. The highest BCUT2D eigenvalue weighted by Crippen LogP contribution is 2.11. The van der Waals surface area contributed by atoms with E-state index in [4.69, 9.17) is 0 Å². The molecule has 1 aromatic heterocycles. The van der Waals surface area contributed by atoms with Gasteiger partial charge in [0.05, 0.1) is 4.88 Å². The van der Waals surface area contributed by atoms with Crippen LogP contribution in [0.5, 0.6) is 0 Å². The van der Waals surface area contributed by atoms with E-state index in [0.717, 1.165) is 10.6 Å². The molecule has 0 saturated carbocycles. The molecule has 0 unspecified atom stereocenters. The van der Waals surface area contributed by atoms with E-state index in [2.05, 4.69) is 5.32 Å². The molecule has 82 valence electrons. The van der Waals surface area contributed by atoms with Gasteiger partial charge in [-0.05, 0) is 23.6 Å². The molecule has 0 aliphatic rings.